The number of nitro benzene ring substituents is 2. The quantitative estimate of drug-likeness (QED) is 0.145. The van der Waals surface area contributed by atoms with Crippen molar-refractivity contribution in [2.75, 3.05) is 6.54 Å². The van der Waals surface area contributed by atoms with Crippen LogP contribution in [0.1, 0.15) is 46.9 Å². The molecule has 1 saturated carbocycles. The number of nitrogens with zero attached hydrogens (tertiary/aromatic N) is 4. The van der Waals surface area contributed by atoms with Gasteiger partial charge in [-0.15, -0.1) is 0 Å². The zero-order valence-electron chi connectivity index (χ0n) is 23.0. The number of carbonyl (C=O) groups is 4. The van der Waals surface area contributed by atoms with E-state index in [9.17, 15) is 39.4 Å². The molecule has 220 valence electrons. The lowest BCUT2D eigenvalue weighted by molar-refractivity contribution is -0.385. The van der Waals surface area contributed by atoms with Gasteiger partial charge in [-0.25, -0.2) is 5.01 Å². The second kappa shape index (κ2) is 11.8. The minimum atomic E-state index is -0.824. The van der Waals surface area contributed by atoms with Gasteiger partial charge in [0.15, 0.2) is 5.78 Å². The molecule has 1 aliphatic heterocycles. The van der Waals surface area contributed by atoms with Crippen LogP contribution in [-0.2, 0) is 9.59 Å². The van der Waals surface area contributed by atoms with Crippen molar-refractivity contribution in [2.45, 2.75) is 26.2 Å². The number of amides is 3. The van der Waals surface area contributed by atoms with Crippen molar-refractivity contribution in [2.24, 2.45) is 17.8 Å². The fourth-order valence-electron chi connectivity index (χ4n) is 5.43. The Balaban J connectivity index is 1.38. The summed E-state index contributed by atoms with van der Waals surface area (Å²) in [5.74, 6) is -2.75. The topological polar surface area (TPSA) is 170 Å². The van der Waals surface area contributed by atoms with Crippen LogP contribution in [0.2, 0.25) is 0 Å². The number of fused-ring (bicyclic) bond motifs is 1. The smallest absolute Gasteiger partial charge is 0.273 e. The van der Waals surface area contributed by atoms with Crippen LogP contribution in [-0.4, -0.2) is 49.9 Å². The number of hydrogen-bond donors (Lipinski definition) is 0. The second-order valence-corrected chi connectivity index (χ2v) is 10.6. The van der Waals surface area contributed by atoms with E-state index in [1.165, 1.54) is 60.7 Å². The highest BCUT2D eigenvalue weighted by Gasteiger charge is 2.52. The normalized spacial score (nSPS) is 19.5. The number of ether oxygens (including phenoxy) is 1. The Morgan fingerprint density at radius 2 is 1.28 bits per heavy atom. The van der Waals surface area contributed by atoms with Crippen molar-refractivity contribution in [3.8, 4) is 11.5 Å². The van der Waals surface area contributed by atoms with Gasteiger partial charge in [0.05, 0.1) is 21.7 Å². The van der Waals surface area contributed by atoms with Crippen LogP contribution in [0.4, 0.5) is 11.4 Å². The molecule has 13 nitrogen and oxygen atoms in total. The van der Waals surface area contributed by atoms with Crippen LogP contribution in [0.3, 0.4) is 0 Å². The average Bonchev–Trinajstić information content (AvgIpc) is 3.24. The number of benzene rings is 3. The number of rotatable bonds is 9. The van der Waals surface area contributed by atoms with E-state index in [1.54, 1.807) is 0 Å². The Kier molecular flexibility index (Phi) is 7.97. The zero-order chi connectivity index (χ0) is 30.8. The van der Waals surface area contributed by atoms with Crippen LogP contribution in [0.25, 0.3) is 0 Å². The minimum absolute atomic E-state index is 0.0333. The van der Waals surface area contributed by atoms with Crippen LogP contribution in [0.5, 0.6) is 11.5 Å². The zero-order valence-corrected chi connectivity index (χ0v) is 23.0. The Morgan fingerprint density at radius 1 is 0.791 bits per heavy atom. The monoisotopic (exact) mass is 586 g/mol. The summed E-state index contributed by atoms with van der Waals surface area (Å²) in [6.45, 7) is 1.36. The third-order valence-electron chi connectivity index (χ3n) is 7.72. The van der Waals surface area contributed by atoms with Crippen molar-refractivity contribution in [3.05, 3.63) is 104 Å². The largest absolute Gasteiger partial charge is 0.457 e. The number of ketones is 1. The molecule has 0 unspecified atom stereocenters. The highest BCUT2D eigenvalue weighted by Crippen LogP contribution is 2.41. The SMILES string of the molecule is C[C@@H]1CC[C@H]2C(=O)N(N(CC(=O)c3ccc(Oc4ccc([N+](=O)[O-])cc4)cc3)C(=O)c3ccc([N+](=O)[O-])cc3)C(=O)[C@@H]2C1. The summed E-state index contributed by atoms with van der Waals surface area (Å²) in [6, 6.07) is 16.0. The third kappa shape index (κ3) is 5.96. The van der Waals surface area contributed by atoms with Gasteiger partial charge in [-0.05, 0) is 73.7 Å². The number of imide groups is 1. The van der Waals surface area contributed by atoms with E-state index in [2.05, 4.69) is 0 Å². The summed E-state index contributed by atoms with van der Waals surface area (Å²) in [5.41, 5.74) is -0.204. The molecule has 3 aromatic rings. The maximum atomic E-state index is 13.7. The maximum absolute atomic E-state index is 13.7. The lowest BCUT2D eigenvalue weighted by Gasteiger charge is -2.30. The molecular weight excluding hydrogens is 560 g/mol. The molecular formula is C30H26N4O9. The number of non-ortho nitro benzene ring substituents is 2. The molecule has 1 aliphatic carbocycles. The molecule has 3 aromatic carbocycles. The van der Waals surface area contributed by atoms with Gasteiger partial charge in [-0.2, -0.15) is 5.01 Å². The van der Waals surface area contributed by atoms with E-state index < -0.39 is 51.7 Å². The molecule has 0 radical (unpaired) electrons. The highest BCUT2D eigenvalue weighted by atomic mass is 16.6. The van der Waals surface area contributed by atoms with E-state index in [0.717, 1.165) is 28.6 Å². The third-order valence-corrected chi connectivity index (χ3v) is 7.72. The molecule has 5 rings (SSSR count). The predicted octanol–water partition coefficient (Wildman–Crippen LogP) is 4.96. The fourth-order valence-corrected chi connectivity index (χ4v) is 5.43. The minimum Gasteiger partial charge on any atom is -0.457 e. The van der Waals surface area contributed by atoms with E-state index >= 15 is 0 Å². The van der Waals surface area contributed by atoms with Crippen LogP contribution < -0.4 is 4.74 Å². The van der Waals surface area contributed by atoms with Crippen molar-refractivity contribution in [1.29, 1.82) is 0 Å². The fraction of sp³-hybridized carbons (Fsp3) is 0.267. The summed E-state index contributed by atoms with van der Waals surface area (Å²) in [7, 11) is 0. The number of nitro groups is 2. The predicted molar refractivity (Wildman–Crippen MR) is 150 cm³/mol. The molecule has 3 amide bonds. The van der Waals surface area contributed by atoms with Crippen molar-refractivity contribution in [1.82, 2.24) is 10.0 Å². The first-order valence-electron chi connectivity index (χ1n) is 13.5. The molecule has 3 atom stereocenters. The van der Waals surface area contributed by atoms with Crippen molar-refractivity contribution in [3.63, 3.8) is 0 Å². The van der Waals surface area contributed by atoms with Gasteiger partial charge >= 0.3 is 0 Å². The van der Waals surface area contributed by atoms with E-state index in [0.29, 0.717) is 24.3 Å². The van der Waals surface area contributed by atoms with Gasteiger partial charge in [0.1, 0.15) is 18.0 Å². The first kappa shape index (κ1) is 29.0. The van der Waals surface area contributed by atoms with Gasteiger partial charge in [0, 0.05) is 35.4 Å². The standard InChI is InChI=1S/C30H26N4O9/c1-18-2-15-25-26(16-18)30(38)32(29(25)37)31(28(36)20-3-7-21(8-4-20)33(39)40)17-27(35)19-5-11-23(12-6-19)43-24-13-9-22(10-14-24)34(41)42/h3-14,18,25-26H,2,15-17H2,1H3/t18-,25-,26-/m1/s1. The summed E-state index contributed by atoms with van der Waals surface area (Å²) >= 11 is 0. The molecule has 2 fully saturated rings. The molecule has 1 saturated heterocycles. The molecule has 0 spiro atoms. The van der Waals surface area contributed by atoms with E-state index in [-0.39, 0.29) is 28.4 Å². The van der Waals surface area contributed by atoms with Gasteiger partial charge in [0.25, 0.3) is 29.1 Å². The maximum Gasteiger partial charge on any atom is 0.273 e. The van der Waals surface area contributed by atoms with Gasteiger partial charge in [-0.1, -0.05) is 6.92 Å². The first-order valence-corrected chi connectivity index (χ1v) is 13.5. The molecule has 13 heteroatoms. The lowest BCUT2D eigenvalue weighted by atomic mass is 9.76. The number of Topliss-reactive ketones (excluding diaryl/α,β-unsaturated/α-hetero) is 1. The Morgan fingerprint density at radius 3 is 1.84 bits per heavy atom. The van der Waals surface area contributed by atoms with Gasteiger partial charge < -0.3 is 4.74 Å². The Labute approximate surface area is 244 Å². The van der Waals surface area contributed by atoms with Gasteiger partial charge in [0.2, 0.25) is 0 Å². The number of hydrazine groups is 1. The van der Waals surface area contributed by atoms with E-state index in [1.807, 2.05) is 6.92 Å². The van der Waals surface area contributed by atoms with Gasteiger partial charge in [-0.3, -0.25) is 39.4 Å². The van der Waals surface area contributed by atoms with Crippen molar-refractivity contribution < 1.29 is 33.8 Å². The molecule has 43 heavy (non-hydrogen) atoms. The summed E-state index contributed by atoms with van der Waals surface area (Å²) in [5, 5.41) is 23.5. The van der Waals surface area contributed by atoms with Crippen molar-refractivity contribution >= 4 is 34.9 Å². The summed E-state index contributed by atoms with van der Waals surface area (Å²) in [4.78, 5) is 74.7. The molecule has 1 heterocycles. The summed E-state index contributed by atoms with van der Waals surface area (Å²) in [6.07, 6.45) is 1.75. The molecule has 0 N–H and O–H groups in total. The highest BCUT2D eigenvalue weighted by molar-refractivity contribution is 6.09. The van der Waals surface area contributed by atoms with E-state index in [4.69, 9.17) is 4.74 Å². The molecule has 2 aliphatic rings. The lowest BCUT2D eigenvalue weighted by Crippen LogP contribution is -2.52. The molecule has 0 bridgehead atoms. The Hall–Kier alpha value is -5.46. The number of carbonyl (C=O) groups excluding carboxylic acids is 4. The average molecular weight is 587 g/mol. The summed E-state index contributed by atoms with van der Waals surface area (Å²) < 4.78 is 5.68. The first-order chi connectivity index (χ1) is 20.5. The van der Waals surface area contributed by atoms with Crippen LogP contribution in [0, 0.1) is 38.0 Å². The second-order valence-electron chi connectivity index (χ2n) is 10.6. The van der Waals surface area contributed by atoms with Crippen LogP contribution in [0.15, 0.2) is 72.8 Å². The number of hydrogen-bond acceptors (Lipinski definition) is 9. The van der Waals surface area contributed by atoms with Crippen LogP contribution >= 0.6 is 0 Å². The Bertz CT molecular complexity index is 1600. The molecule has 0 aromatic heterocycles.